The molecular formula is C19H23N3O5S. The number of rotatable bonds is 7. The predicted octanol–water partition coefficient (Wildman–Crippen LogP) is 2.96. The van der Waals surface area contributed by atoms with Crippen LogP contribution in [0.5, 0.6) is 0 Å². The largest absolute Gasteiger partial charge is 0.448 e. The van der Waals surface area contributed by atoms with Gasteiger partial charge in [0.05, 0.1) is 11.3 Å². The van der Waals surface area contributed by atoms with E-state index in [1.165, 1.54) is 11.8 Å². The lowest BCUT2D eigenvalue weighted by Gasteiger charge is -2.20. The van der Waals surface area contributed by atoms with Crippen LogP contribution in [0.1, 0.15) is 41.2 Å². The quantitative estimate of drug-likeness (QED) is 0.536. The Labute approximate surface area is 167 Å². The summed E-state index contributed by atoms with van der Waals surface area (Å²) in [4.78, 5) is 36.4. The van der Waals surface area contributed by atoms with Gasteiger partial charge in [-0.25, -0.2) is 9.59 Å². The van der Waals surface area contributed by atoms with Gasteiger partial charge in [0.1, 0.15) is 5.76 Å². The molecule has 1 aromatic heterocycles. The molecule has 28 heavy (non-hydrogen) atoms. The van der Waals surface area contributed by atoms with Crippen LogP contribution in [0.4, 0.5) is 4.79 Å². The number of thioether (sulfide) groups is 1. The Balaban J connectivity index is 2.16. The Morgan fingerprint density at radius 1 is 1.25 bits per heavy atom. The van der Waals surface area contributed by atoms with Crippen LogP contribution in [0.15, 0.2) is 33.7 Å². The molecule has 3 amide bonds. The Kier molecular flexibility index (Phi) is 7.22. The van der Waals surface area contributed by atoms with Gasteiger partial charge in [0.2, 0.25) is 0 Å². The van der Waals surface area contributed by atoms with Gasteiger partial charge in [-0.1, -0.05) is 31.1 Å². The van der Waals surface area contributed by atoms with E-state index in [0.717, 1.165) is 17.0 Å². The van der Waals surface area contributed by atoms with Crippen molar-refractivity contribution in [1.29, 1.82) is 0 Å². The SMILES string of the molecule is Cc1noc(C)c1CSc1ccccc1C(=O)O[C@@H](C(=O)NC(N)=O)C(C)C. The highest BCUT2D eigenvalue weighted by Crippen LogP contribution is 2.29. The van der Waals surface area contributed by atoms with Crippen molar-refractivity contribution < 1.29 is 23.6 Å². The highest BCUT2D eigenvalue weighted by molar-refractivity contribution is 7.98. The van der Waals surface area contributed by atoms with Crippen LogP contribution in [0.3, 0.4) is 0 Å². The molecule has 1 atom stereocenters. The third kappa shape index (κ3) is 5.35. The monoisotopic (exact) mass is 405 g/mol. The minimum absolute atomic E-state index is 0.330. The molecule has 0 aliphatic heterocycles. The molecule has 0 saturated carbocycles. The molecule has 150 valence electrons. The van der Waals surface area contributed by atoms with Crippen molar-refractivity contribution >= 4 is 29.7 Å². The highest BCUT2D eigenvalue weighted by Gasteiger charge is 2.28. The summed E-state index contributed by atoms with van der Waals surface area (Å²) in [5.74, 6) is -0.448. The number of carbonyl (C=O) groups excluding carboxylic acids is 3. The average molecular weight is 405 g/mol. The van der Waals surface area contributed by atoms with Crippen LogP contribution in [0.2, 0.25) is 0 Å². The Morgan fingerprint density at radius 3 is 2.50 bits per heavy atom. The first kappa shape index (κ1) is 21.5. The zero-order chi connectivity index (χ0) is 20.8. The number of primary amides is 1. The summed E-state index contributed by atoms with van der Waals surface area (Å²) in [6.07, 6.45) is -1.14. The van der Waals surface area contributed by atoms with Crippen molar-refractivity contribution in [1.82, 2.24) is 10.5 Å². The van der Waals surface area contributed by atoms with Gasteiger partial charge in [0, 0.05) is 16.2 Å². The van der Waals surface area contributed by atoms with Crippen LogP contribution in [-0.2, 0) is 15.3 Å². The molecule has 0 saturated heterocycles. The number of urea groups is 1. The van der Waals surface area contributed by atoms with Gasteiger partial charge in [0.15, 0.2) is 6.10 Å². The number of carbonyl (C=O) groups is 3. The number of ether oxygens (including phenoxy) is 1. The number of hydrogen-bond acceptors (Lipinski definition) is 7. The Morgan fingerprint density at radius 2 is 1.93 bits per heavy atom. The molecule has 1 aromatic carbocycles. The zero-order valence-corrected chi connectivity index (χ0v) is 17.0. The summed E-state index contributed by atoms with van der Waals surface area (Å²) < 4.78 is 10.5. The second kappa shape index (κ2) is 9.41. The van der Waals surface area contributed by atoms with Crippen molar-refractivity contribution in [2.75, 3.05) is 0 Å². The molecule has 0 aliphatic carbocycles. The van der Waals surface area contributed by atoms with Crippen molar-refractivity contribution in [3.8, 4) is 0 Å². The van der Waals surface area contributed by atoms with E-state index < -0.39 is 24.0 Å². The number of imide groups is 1. The number of aromatic nitrogens is 1. The standard InChI is InChI=1S/C19H23N3O5S/c1-10(2)16(17(23)21-19(20)25)26-18(24)13-7-5-6-8-15(13)28-9-14-11(3)22-27-12(14)4/h5-8,10,16H,9H2,1-4H3,(H3,20,21,23,25)/t16-/m1/s1. The van der Waals surface area contributed by atoms with Crippen LogP contribution < -0.4 is 11.1 Å². The molecule has 9 heteroatoms. The molecule has 1 heterocycles. The summed E-state index contributed by atoms with van der Waals surface area (Å²) in [7, 11) is 0. The zero-order valence-electron chi connectivity index (χ0n) is 16.1. The molecule has 0 spiro atoms. The fourth-order valence-electron chi connectivity index (χ4n) is 2.48. The first-order valence-corrected chi connectivity index (χ1v) is 9.64. The number of nitrogens with zero attached hydrogens (tertiary/aromatic N) is 1. The van der Waals surface area contributed by atoms with Gasteiger partial charge >= 0.3 is 12.0 Å². The number of aryl methyl sites for hydroxylation is 2. The van der Waals surface area contributed by atoms with E-state index in [2.05, 4.69) is 5.16 Å². The van der Waals surface area contributed by atoms with Gasteiger partial charge in [-0.05, 0) is 31.9 Å². The number of benzene rings is 1. The lowest BCUT2D eigenvalue weighted by atomic mass is 10.1. The molecule has 0 radical (unpaired) electrons. The van der Waals surface area contributed by atoms with Crippen LogP contribution >= 0.6 is 11.8 Å². The fraction of sp³-hybridized carbons (Fsp3) is 0.368. The van der Waals surface area contributed by atoms with Crippen LogP contribution in [0, 0.1) is 19.8 Å². The van der Waals surface area contributed by atoms with Crippen molar-refractivity contribution in [3.63, 3.8) is 0 Å². The molecule has 3 N–H and O–H groups in total. The number of nitrogens with one attached hydrogen (secondary N) is 1. The van der Waals surface area contributed by atoms with Gasteiger partial charge in [0.25, 0.3) is 5.91 Å². The summed E-state index contributed by atoms with van der Waals surface area (Å²) in [6.45, 7) is 7.10. The summed E-state index contributed by atoms with van der Waals surface area (Å²) in [5, 5.41) is 5.88. The molecular weight excluding hydrogens is 382 g/mol. The third-order valence-electron chi connectivity index (χ3n) is 4.00. The van der Waals surface area contributed by atoms with Gasteiger partial charge < -0.3 is 15.0 Å². The molecule has 8 nitrogen and oxygen atoms in total. The van der Waals surface area contributed by atoms with Gasteiger partial charge in [-0.2, -0.15) is 0 Å². The third-order valence-corrected chi connectivity index (χ3v) is 5.10. The van der Waals surface area contributed by atoms with Gasteiger partial charge in [-0.15, -0.1) is 11.8 Å². The Bertz CT molecular complexity index is 859. The molecule has 2 rings (SSSR count). The minimum Gasteiger partial charge on any atom is -0.448 e. The first-order chi connectivity index (χ1) is 13.2. The lowest BCUT2D eigenvalue weighted by Crippen LogP contribution is -2.45. The fourth-order valence-corrected chi connectivity index (χ4v) is 3.68. The molecule has 2 aromatic rings. The van der Waals surface area contributed by atoms with Crippen molar-refractivity contribution in [2.24, 2.45) is 11.7 Å². The molecule has 0 fully saturated rings. The number of hydrogen-bond donors (Lipinski definition) is 2. The average Bonchev–Trinajstić information content (AvgIpc) is 2.95. The van der Waals surface area contributed by atoms with Crippen LogP contribution in [0.25, 0.3) is 0 Å². The van der Waals surface area contributed by atoms with E-state index in [-0.39, 0.29) is 5.92 Å². The maximum absolute atomic E-state index is 12.7. The summed E-state index contributed by atoms with van der Waals surface area (Å²) >= 11 is 1.44. The maximum Gasteiger partial charge on any atom is 0.340 e. The Hall–Kier alpha value is -2.81. The lowest BCUT2D eigenvalue weighted by molar-refractivity contribution is -0.130. The van der Waals surface area contributed by atoms with Crippen LogP contribution in [-0.4, -0.2) is 29.2 Å². The first-order valence-electron chi connectivity index (χ1n) is 8.65. The topological polar surface area (TPSA) is 125 Å². The molecule has 0 aliphatic rings. The minimum atomic E-state index is -1.14. The molecule has 0 unspecified atom stereocenters. The van der Waals surface area contributed by atoms with Gasteiger partial charge in [-0.3, -0.25) is 10.1 Å². The number of nitrogens with two attached hydrogens (primary N) is 1. The van der Waals surface area contributed by atoms with E-state index in [4.69, 9.17) is 15.0 Å². The van der Waals surface area contributed by atoms with E-state index in [1.54, 1.807) is 32.0 Å². The normalized spacial score (nSPS) is 11.9. The summed E-state index contributed by atoms with van der Waals surface area (Å²) in [6, 6.07) is 5.95. The second-order valence-electron chi connectivity index (χ2n) is 6.51. The summed E-state index contributed by atoms with van der Waals surface area (Å²) in [5.41, 5.74) is 7.08. The smallest absolute Gasteiger partial charge is 0.340 e. The predicted molar refractivity (Wildman–Crippen MR) is 104 cm³/mol. The second-order valence-corrected chi connectivity index (χ2v) is 7.53. The van der Waals surface area contributed by atoms with E-state index in [1.807, 2.05) is 25.2 Å². The molecule has 0 bridgehead atoms. The van der Waals surface area contributed by atoms with Crippen molar-refractivity contribution in [2.45, 2.75) is 44.4 Å². The highest BCUT2D eigenvalue weighted by atomic mass is 32.2. The van der Waals surface area contributed by atoms with E-state index in [9.17, 15) is 14.4 Å². The van der Waals surface area contributed by atoms with E-state index >= 15 is 0 Å². The maximum atomic E-state index is 12.7. The van der Waals surface area contributed by atoms with Crippen molar-refractivity contribution in [3.05, 3.63) is 46.8 Å². The number of amides is 3. The number of esters is 1. The van der Waals surface area contributed by atoms with E-state index in [0.29, 0.717) is 16.2 Å².